The molecule has 1 aromatic heterocycles. The van der Waals surface area contributed by atoms with Crippen molar-refractivity contribution in [3.05, 3.63) is 60.3 Å². The Balaban J connectivity index is 2.01. The third-order valence-corrected chi connectivity index (χ3v) is 4.19. The fourth-order valence-corrected chi connectivity index (χ4v) is 2.67. The van der Waals surface area contributed by atoms with Crippen LogP contribution in [0.15, 0.2) is 59.5 Å². The largest absolute Gasteiger partial charge is 0.438 e. The van der Waals surface area contributed by atoms with Crippen molar-refractivity contribution in [3.8, 4) is 11.6 Å². The minimum atomic E-state index is 0.368. The summed E-state index contributed by atoms with van der Waals surface area (Å²) >= 11 is 7.62. The third kappa shape index (κ3) is 3.14. The molecule has 21 heavy (non-hydrogen) atoms. The highest BCUT2D eigenvalue weighted by Gasteiger charge is 2.08. The molecule has 4 heteroatoms. The van der Waals surface area contributed by atoms with Gasteiger partial charge in [0.25, 0.3) is 0 Å². The highest BCUT2D eigenvalue weighted by molar-refractivity contribution is 7.98. The van der Waals surface area contributed by atoms with E-state index in [0.717, 1.165) is 22.2 Å². The van der Waals surface area contributed by atoms with Crippen molar-refractivity contribution in [2.24, 2.45) is 0 Å². The molecule has 3 aromatic rings. The molecule has 0 aliphatic rings. The second kappa shape index (κ2) is 6.37. The van der Waals surface area contributed by atoms with Crippen molar-refractivity contribution in [3.63, 3.8) is 0 Å². The first kappa shape index (κ1) is 14.2. The van der Waals surface area contributed by atoms with Crippen LogP contribution < -0.4 is 4.74 Å². The monoisotopic (exact) mass is 315 g/mol. The molecule has 0 N–H and O–H groups in total. The molecule has 106 valence electrons. The Morgan fingerprint density at radius 1 is 1.10 bits per heavy atom. The number of hydrogen-bond donors (Lipinski definition) is 0. The quantitative estimate of drug-likeness (QED) is 0.469. The predicted molar refractivity (Wildman–Crippen MR) is 89.6 cm³/mol. The summed E-state index contributed by atoms with van der Waals surface area (Å²) in [5.74, 6) is 1.74. The molecule has 0 unspecified atom stereocenters. The van der Waals surface area contributed by atoms with Gasteiger partial charge in [0.05, 0.1) is 11.6 Å². The van der Waals surface area contributed by atoms with Crippen LogP contribution in [0, 0.1) is 0 Å². The van der Waals surface area contributed by atoms with Crippen LogP contribution in [0.1, 0.15) is 5.69 Å². The maximum atomic E-state index is 5.95. The Kier molecular flexibility index (Phi) is 4.32. The van der Waals surface area contributed by atoms with E-state index in [9.17, 15) is 0 Å². The van der Waals surface area contributed by atoms with Gasteiger partial charge in [0, 0.05) is 10.3 Å². The minimum absolute atomic E-state index is 0.368. The van der Waals surface area contributed by atoms with Crippen LogP contribution in [0.25, 0.3) is 10.8 Å². The molecule has 2 aromatic carbocycles. The van der Waals surface area contributed by atoms with Gasteiger partial charge in [-0.2, -0.15) is 0 Å². The van der Waals surface area contributed by atoms with Crippen LogP contribution in [-0.4, -0.2) is 11.2 Å². The average molecular weight is 316 g/mol. The van der Waals surface area contributed by atoms with Gasteiger partial charge in [-0.3, -0.25) is 0 Å². The molecule has 0 saturated carbocycles. The Labute approximate surface area is 133 Å². The molecule has 0 aliphatic carbocycles. The van der Waals surface area contributed by atoms with E-state index in [4.69, 9.17) is 16.3 Å². The Morgan fingerprint density at radius 2 is 1.86 bits per heavy atom. The number of alkyl halides is 1. The van der Waals surface area contributed by atoms with Gasteiger partial charge in [0.15, 0.2) is 0 Å². The van der Waals surface area contributed by atoms with Gasteiger partial charge in [-0.15, -0.1) is 23.4 Å². The summed E-state index contributed by atoms with van der Waals surface area (Å²) in [6.45, 7) is 0. The lowest BCUT2D eigenvalue weighted by Crippen LogP contribution is -1.93. The van der Waals surface area contributed by atoms with Gasteiger partial charge >= 0.3 is 0 Å². The van der Waals surface area contributed by atoms with E-state index in [1.807, 2.05) is 54.6 Å². The van der Waals surface area contributed by atoms with Gasteiger partial charge in [-0.25, -0.2) is 4.98 Å². The normalized spacial score (nSPS) is 10.8. The summed E-state index contributed by atoms with van der Waals surface area (Å²) in [5.41, 5.74) is 0.811. The zero-order valence-electron chi connectivity index (χ0n) is 11.5. The van der Waals surface area contributed by atoms with E-state index in [2.05, 4.69) is 11.2 Å². The molecule has 2 nitrogen and oxygen atoms in total. The molecule has 0 aliphatic heterocycles. The lowest BCUT2D eigenvalue weighted by atomic mass is 10.1. The van der Waals surface area contributed by atoms with Crippen LogP contribution in [0.2, 0.25) is 0 Å². The van der Waals surface area contributed by atoms with Gasteiger partial charge in [0.1, 0.15) is 5.75 Å². The zero-order valence-corrected chi connectivity index (χ0v) is 13.1. The zero-order chi connectivity index (χ0) is 14.7. The standard InChI is InChI=1S/C17H14ClNOS/c1-21-15-8-6-14(7-9-15)20-17-16-5-3-2-4-12(16)10-13(11-18)19-17/h2-10H,11H2,1H3. The highest BCUT2D eigenvalue weighted by atomic mass is 35.5. The summed E-state index contributed by atoms with van der Waals surface area (Å²) < 4.78 is 5.95. The fourth-order valence-electron chi connectivity index (χ4n) is 2.12. The number of pyridine rings is 1. The number of rotatable bonds is 4. The topological polar surface area (TPSA) is 22.1 Å². The second-order valence-electron chi connectivity index (χ2n) is 4.55. The van der Waals surface area contributed by atoms with Crippen LogP contribution >= 0.6 is 23.4 Å². The average Bonchev–Trinajstić information content (AvgIpc) is 2.55. The molecule has 0 saturated heterocycles. The first-order valence-corrected chi connectivity index (χ1v) is 8.32. The number of aromatic nitrogens is 1. The van der Waals surface area contributed by atoms with Crippen molar-refractivity contribution < 1.29 is 4.74 Å². The molecule has 1 heterocycles. The third-order valence-electron chi connectivity index (χ3n) is 3.17. The molecule has 0 fully saturated rings. The lowest BCUT2D eigenvalue weighted by Gasteiger charge is -2.10. The van der Waals surface area contributed by atoms with Gasteiger partial charge in [-0.05, 0) is 48.0 Å². The number of nitrogens with zero attached hydrogens (tertiary/aromatic N) is 1. The van der Waals surface area contributed by atoms with Crippen molar-refractivity contribution in [2.75, 3.05) is 6.26 Å². The van der Waals surface area contributed by atoms with Crippen LogP contribution in [0.4, 0.5) is 0 Å². The van der Waals surface area contributed by atoms with Crippen molar-refractivity contribution >= 4 is 34.1 Å². The first-order chi connectivity index (χ1) is 10.3. The molecule has 0 atom stereocenters. The Hall–Kier alpha value is -1.71. The summed E-state index contributed by atoms with van der Waals surface area (Å²) in [6.07, 6.45) is 2.05. The molecular formula is C17H14ClNOS. The number of thioether (sulfide) groups is 1. The molecule has 0 radical (unpaired) electrons. The van der Waals surface area contributed by atoms with Crippen molar-refractivity contribution in [2.45, 2.75) is 10.8 Å². The summed E-state index contributed by atoms with van der Waals surface area (Å²) in [5, 5.41) is 2.07. The van der Waals surface area contributed by atoms with Crippen LogP contribution in [-0.2, 0) is 5.88 Å². The highest BCUT2D eigenvalue weighted by Crippen LogP contribution is 2.30. The number of hydrogen-bond acceptors (Lipinski definition) is 3. The van der Waals surface area contributed by atoms with E-state index in [1.54, 1.807) is 11.8 Å². The predicted octanol–water partition coefficient (Wildman–Crippen LogP) is 5.49. The molecule has 0 spiro atoms. The SMILES string of the molecule is CSc1ccc(Oc2nc(CCl)cc3ccccc23)cc1. The van der Waals surface area contributed by atoms with E-state index in [-0.39, 0.29) is 0 Å². The number of halogens is 1. The maximum Gasteiger partial charge on any atom is 0.227 e. The number of fused-ring (bicyclic) bond motifs is 1. The van der Waals surface area contributed by atoms with Crippen molar-refractivity contribution in [1.82, 2.24) is 4.98 Å². The second-order valence-corrected chi connectivity index (χ2v) is 5.70. The minimum Gasteiger partial charge on any atom is -0.438 e. The molecule has 0 amide bonds. The smallest absolute Gasteiger partial charge is 0.227 e. The van der Waals surface area contributed by atoms with Gasteiger partial charge < -0.3 is 4.74 Å². The maximum absolute atomic E-state index is 5.95. The summed E-state index contributed by atoms with van der Waals surface area (Å²) in [4.78, 5) is 5.70. The van der Waals surface area contributed by atoms with Crippen molar-refractivity contribution in [1.29, 1.82) is 0 Å². The van der Waals surface area contributed by atoms with Crippen LogP contribution in [0.3, 0.4) is 0 Å². The number of ether oxygens (including phenoxy) is 1. The summed E-state index contributed by atoms with van der Waals surface area (Å²) in [7, 11) is 0. The molecule has 0 bridgehead atoms. The molecule has 3 rings (SSSR count). The Morgan fingerprint density at radius 3 is 2.57 bits per heavy atom. The fraction of sp³-hybridized carbons (Fsp3) is 0.118. The number of benzene rings is 2. The van der Waals surface area contributed by atoms with E-state index < -0.39 is 0 Å². The molecular weight excluding hydrogens is 302 g/mol. The van der Waals surface area contributed by atoms with E-state index in [1.165, 1.54) is 4.90 Å². The van der Waals surface area contributed by atoms with E-state index in [0.29, 0.717) is 11.8 Å². The van der Waals surface area contributed by atoms with E-state index >= 15 is 0 Å². The van der Waals surface area contributed by atoms with Gasteiger partial charge in [0.2, 0.25) is 5.88 Å². The Bertz CT molecular complexity index is 758. The lowest BCUT2D eigenvalue weighted by molar-refractivity contribution is 0.467. The van der Waals surface area contributed by atoms with Crippen LogP contribution in [0.5, 0.6) is 11.6 Å². The summed E-state index contributed by atoms with van der Waals surface area (Å²) in [6, 6.07) is 18.0. The first-order valence-electron chi connectivity index (χ1n) is 6.56. The van der Waals surface area contributed by atoms with Gasteiger partial charge in [-0.1, -0.05) is 18.2 Å².